The minimum absolute atomic E-state index is 0.0514. The Bertz CT molecular complexity index is 2130. The van der Waals surface area contributed by atoms with Crippen LogP contribution >= 0.6 is 31.3 Å². The number of nitrogens with one attached hydrogen (secondary N) is 2. The molecule has 0 spiro atoms. The molecule has 1 saturated heterocycles. The number of hydrogen-bond donors (Lipinski definition) is 2. The summed E-state index contributed by atoms with van der Waals surface area (Å²) in [6, 6.07) is 2.76. The van der Waals surface area contributed by atoms with E-state index in [1.165, 1.54) is 16.7 Å². The molecule has 3 atom stereocenters. The van der Waals surface area contributed by atoms with Crippen LogP contribution in [-0.2, 0) is 46.3 Å². The summed E-state index contributed by atoms with van der Waals surface area (Å²) in [5.41, 5.74) is 0.480. The van der Waals surface area contributed by atoms with E-state index in [2.05, 4.69) is 30.1 Å². The predicted octanol–water partition coefficient (Wildman–Crippen LogP) is 3.92. The van der Waals surface area contributed by atoms with Crippen molar-refractivity contribution in [1.82, 2.24) is 34.0 Å². The molecule has 5 rings (SSSR count). The van der Waals surface area contributed by atoms with E-state index in [-0.39, 0.29) is 41.6 Å². The van der Waals surface area contributed by atoms with Gasteiger partial charge in [-0.05, 0) is 85.6 Å². The second-order valence-corrected chi connectivity index (χ2v) is 18.5. The zero-order chi connectivity index (χ0) is 43.2. The summed E-state index contributed by atoms with van der Waals surface area (Å²) in [7, 11) is 4.30. The number of nitrogens with zero attached hydrogens (tertiary/aromatic N) is 8. The summed E-state index contributed by atoms with van der Waals surface area (Å²) in [6.45, 7) is 17.7. The molecule has 2 radical (unpaired) electrons. The van der Waals surface area contributed by atoms with Crippen molar-refractivity contribution in [2.24, 2.45) is 5.16 Å². The molecular formula is C36H49BN10O9PS2+. The molecule has 2 N–H and O–H groups in total. The summed E-state index contributed by atoms with van der Waals surface area (Å²) in [5.74, 6) is -1.94. The Kier molecular flexibility index (Phi) is 14.6. The van der Waals surface area contributed by atoms with Crippen LogP contribution in [0.4, 0.5) is 14.7 Å². The van der Waals surface area contributed by atoms with Crippen LogP contribution in [-0.4, -0.2) is 127 Å². The highest BCUT2D eigenvalue weighted by molar-refractivity contribution is 8.00. The predicted molar refractivity (Wildman–Crippen MR) is 223 cm³/mol. The number of carbonyl (C=O) groups excluding carboxylic acids is 5. The van der Waals surface area contributed by atoms with Crippen LogP contribution in [0.15, 0.2) is 41.1 Å². The van der Waals surface area contributed by atoms with Gasteiger partial charge in [-0.2, -0.15) is 9.36 Å². The Morgan fingerprint density at radius 2 is 1.86 bits per heavy atom. The molecule has 5 heterocycles. The molecule has 0 saturated carbocycles. The fourth-order valence-corrected chi connectivity index (χ4v) is 8.22. The molecule has 59 heavy (non-hydrogen) atoms. The van der Waals surface area contributed by atoms with E-state index >= 15 is 0 Å². The van der Waals surface area contributed by atoms with Gasteiger partial charge in [0.15, 0.2) is 7.57 Å². The van der Waals surface area contributed by atoms with Gasteiger partial charge in [0.1, 0.15) is 47.0 Å². The second-order valence-electron chi connectivity index (χ2n) is 15.3. The highest BCUT2D eigenvalue weighted by atomic mass is 32.2. The fourth-order valence-electron chi connectivity index (χ4n) is 5.98. The van der Waals surface area contributed by atoms with Gasteiger partial charge in [-0.1, -0.05) is 5.16 Å². The number of ether oxygens (including phenoxy) is 2. The van der Waals surface area contributed by atoms with Crippen LogP contribution in [0, 0.1) is 0 Å². The fraction of sp³-hybridized carbons (Fsp3) is 0.556. The topological polar surface area (TPSA) is 213 Å². The Balaban J connectivity index is 1.32. The Hall–Kier alpha value is -4.82. The Morgan fingerprint density at radius 1 is 1.14 bits per heavy atom. The molecule has 4 amide bonds. The van der Waals surface area contributed by atoms with Crippen molar-refractivity contribution in [3.8, 4) is 0 Å². The van der Waals surface area contributed by atoms with Gasteiger partial charge in [-0.3, -0.25) is 19.8 Å². The van der Waals surface area contributed by atoms with Crippen molar-refractivity contribution in [3.63, 3.8) is 0 Å². The number of oxime groups is 1. The second kappa shape index (κ2) is 19.1. The van der Waals surface area contributed by atoms with Crippen LogP contribution in [0.1, 0.15) is 67.6 Å². The molecule has 316 valence electrons. The number of aryl methyl sites for hydroxylation is 1. The molecule has 2 aliphatic rings. The zero-order valence-electron chi connectivity index (χ0n) is 34.5. The molecule has 1 fully saturated rings. The quantitative estimate of drug-likeness (QED) is 0.0555. The van der Waals surface area contributed by atoms with Crippen LogP contribution < -0.4 is 15.2 Å². The minimum Gasteiger partial charge on any atom is -0.452 e. The van der Waals surface area contributed by atoms with Gasteiger partial charge in [-0.25, -0.2) is 19.0 Å². The lowest BCUT2D eigenvalue weighted by Crippen LogP contribution is -2.71. The van der Waals surface area contributed by atoms with Crippen molar-refractivity contribution in [2.75, 3.05) is 37.4 Å². The van der Waals surface area contributed by atoms with E-state index < -0.39 is 54.5 Å². The Morgan fingerprint density at radius 3 is 2.53 bits per heavy atom. The lowest BCUT2D eigenvalue weighted by atomic mass is 10.0. The summed E-state index contributed by atoms with van der Waals surface area (Å²) in [6.07, 6.45) is 3.11. The average Bonchev–Trinajstić information content (AvgIpc) is 3.77. The number of β-lactam (4-membered cyclic amide) rings is 1. The third kappa shape index (κ3) is 11.5. The monoisotopic (exact) mass is 871 g/mol. The minimum atomic E-state index is -1.62. The maximum atomic E-state index is 13.9. The first-order valence-corrected chi connectivity index (χ1v) is 22.4. The standard InChI is InChI=1S/C36H48BN10O9PS2/c1-10-44(34(52)55-36(6,7)8)16-13-17-46-20-38-27-22(46)14-12-15-45(27)18-21-19-58-30-24(29(49)47(30)25(21)31(50)56-57(9)37)39-28(48)23(42-53-11-2)26-40-32(59-43-26)41-33(51)54-35(3,4)5/h12,14-15,20,24,30H,10-11,13,16-19H2,1-9H3,(H-,39,40,41,43,48,51)/p+1/b42-23+. The van der Waals surface area contributed by atoms with E-state index in [0.717, 1.165) is 17.0 Å². The molecular weight excluding hydrogens is 822 g/mol. The molecule has 3 aromatic heterocycles. The first kappa shape index (κ1) is 45.3. The Labute approximate surface area is 353 Å². The molecule has 2 aliphatic heterocycles. The number of pyridine rings is 1. The van der Waals surface area contributed by atoms with Crippen LogP contribution in [0.3, 0.4) is 0 Å². The number of aromatic nitrogens is 5. The van der Waals surface area contributed by atoms with E-state index in [4.69, 9.17) is 26.4 Å². The van der Waals surface area contributed by atoms with E-state index in [9.17, 15) is 24.0 Å². The number of carbonyl (C=O) groups is 5. The van der Waals surface area contributed by atoms with Crippen molar-refractivity contribution in [2.45, 2.75) is 97.5 Å². The van der Waals surface area contributed by atoms with Crippen molar-refractivity contribution >= 4 is 90.9 Å². The van der Waals surface area contributed by atoms with Crippen molar-refractivity contribution in [1.29, 1.82) is 0 Å². The summed E-state index contributed by atoms with van der Waals surface area (Å²) >= 11 is 2.16. The third-order valence-electron chi connectivity index (χ3n) is 8.37. The first-order valence-electron chi connectivity index (χ1n) is 18.8. The number of anilines is 1. The number of thioether (sulfide) groups is 1. The highest BCUT2D eigenvalue weighted by Gasteiger charge is 2.55. The largest absolute Gasteiger partial charge is 0.452 e. The summed E-state index contributed by atoms with van der Waals surface area (Å²) in [5, 5.41) is 8.46. The van der Waals surface area contributed by atoms with E-state index in [1.54, 1.807) is 45.6 Å². The summed E-state index contributed by atoms with van der Waals surface area (Å²) in [4.78, 5) is 83.1. The van der Waals surface area contributed by atoms with Crippen molar-refractivity contribution in [3.05, 3.63) is 41.8 Å². The molecule has 0 aromatic carbocycles. The van der Waals surface area contributed by atoms with Crippen LogP contribution in [0.2, 0.25) is 0 Å². The molecule has 23 heteroatoms. The normalized spacial score (nSPS) is 17.5. The van der Waals surface area contributed by atoms with Gasteiger partial charge in [0, 0.05) is 50.5 Å². The number of rotatable bonds is 15. The number of imidazole rings is 1. The van der Waals surface area contributed by atoms with Gasteiger partial charge < -0.3 is 33.6 Å². The average molecular weight is 872 g/mol. The third-order valence-corrected chi connectivity index (χ3v) is 10.8. The van der Waals surface area contributed by atoms with Gasteiger partial charge in [0.25, 0.3) is 11.8 Å². The molecule has 19 nitrogen and oxygen atoms in total. The zero-order valence-corrected chi connectivity index (χ0v) is 37.0. The van der Waals surface area contributed by atoms with Crippen LogP contribution in [0.5, 0.6) is 0 Å². The van der Waals surface area contributed by atoms with Gasteiger partial charge >= 0.3 is 23.8 Å². The van der Waals surface area contributed by atoms with Gasteiger partial charge in [0.05, 0.1) is 6.20 Å². The molecule has 3 unspecified atom stereocenters. The molecule has 3 aromatic rings. The van der Waals surface area contributed by atoms with Crippen LogP contribution in [0.25, 0.3) is 11.2 Å². The maximum absolute atomic E-state index is 13.9. The smallest absolute Gasteiger partial charge is 0.414 e. The number of hydrogen-bond acceptors (Lipinski definition) is 15. The number of fused-ring (bicyclic) bond motifs is 2. The lowest BCUT2D eigenvalue weighted by molar-refractivity contribution is -0.664. The van der Waals surface area contributed by atoms with E-state index in [0.29, 0.717) is 43.0 Å². The summed E-state index contributed by atoms with van der Waals surface area (Å²) < 4.78 is 24.3. The maximum Gasteiger partial charge on any atom is 0.414 e. The molecule has 0 bridgehead atoms. The van der Waals surface area contributed by atoms with Gasteiger partial charge in [-0.15, -0.1) is 11.8 Å². The van der Waals surface area contributed by atoms with Crippen molar-refractivity contribution < 1.29 is 47.4 Å². The molecule has 0 aliphatic carbocycles. The van der Waals surface area contributed by atoms with Gasteiger partial charge in [0.2, 0.25) is 23.0 Å². The SMILES string of the molecule is [B]P(C)OC(=O)C1=C(C[n+]2cccc3c2ncn3CCCN(CC)C(=O)OC(C)(C)C)CSC2C(NC(=O)/C(=N/OCC)c3nsc(NC(=O)OC(C)(C)C)n3)C(=O)N12. The van der Waals surface area contributed by atoms with E-state index in [1.807, 2.05) is 55.2 Å². The first-order chi connectivity index (χ1) is 27.8. The highest BCUT2D eigenvalue weighted by Crippen LogP contribution is 2.42. The lowest BCUT2D eigenvalue weighted by Gasteiger charge is -2.49. The number of amides is 4.